The van der Waals surface area contributed by atoms with E-state index in [1.54, 1.807) is 0 Å². The van der Waals surface area contributed by atoms with E-state index in [1.807, 2.05) is 29.1 Å². The predicted molar refractivity (Wildman–Crippen MR) is 55.3 cm³/mol. The van der Waals surface area contributed by atoms with Crippen LogP contribution in [-0.2, 0) is 11.3 Å². The van der Waals surface area contributed by atoms with Gasteiger partial charge in [-0.1, -0.05) is 23.5 Å². The van der Waals surface area contributed by atoms with Gasteiger partial charge >= 0.3 is 0 Å². The van der Waals surface area contributed by atoms with Crippen molar-refractivity contribution in [3.63, 3.8) is 0 Å². The van der Waals surface area contributed by atoms with E-state index in [1.165, 1.54) is 11.3 Å². The molecule has 1 aromatic carbocycles. The van der Waals surface area contributed by atoms with Gasteiger partial charge in [-0.2, -0.15) is 4.83 Å². The molecule has 74 valence electrons. The zero-order chi connectivity index (χ0) is 9.97. The smallest absolute Gasteiger partial charge is 0.199 e. The SMILES string of the molecule is O=S([O-])NNc1nc2ccccc2s1. The number of hydrogen-bond donors (Lipinski definition) is 2. The Balaban J connectivity index is 2.22. The van der Waals surface area contributed by atoms with Crippen molar-refractivity contribution in [1.29, 1.82) is 0 Å². The predicted octanol–water partition coefficient (Wildman–Crippen LogP) is 1.01. The molecule has 0 aliphatic rings. The number of nitrogens with zero attached hydrogens (tertiary/aromatic N) is 1. The lowest BCUT2D eigenvalue weighted by atomic mass is 10.3. The summed E-state index contributed by atoms with van der Waals surface area (Å²) in [6.45, 7) is 0. The summed E-state index contributed by atoms with van der Waals surface area (Å²) in [5.74, 6) is 0. The molecule has 1 atom stereocenters. The lowest BCUT2D eigenvalue weighted by Gasteiger charge is -2.05. The van der Waals surface area contributed by atoms with Gasteiger partial charge in [0, 0.05) is 11.3 Å². The Morgan fingerprint density at radius 3 is 2.93 bits per heavy atom. The fourth-order valence-electron chi connectivity index (χ4n) is 1.01. The molecule has 5 nitrogen and oxygen atoms in total. The van der Waals surface area contributed by atoms with Gasteiger partial charge in [-0.05, 0) is 12.1 Å². The number of nitrogens with one attached hydrogen (secondary N) is 2. The molecule has 2 aromatic rings. The van der Waals surface area contributed by atoms with E-state index in [0.717, 1.165) is 10.2 Å². The maximum Gasteiger partial charge on any atom is 0.199 e. The molecule has 2 N–H and O–H groups in total. The summed E-state index contributed by atoms with van der Waals surface area (Å²) in [7, 11) is 0. The van der Waals surface area contributed by atoms with E-state index in [4.69, 9.17) is 0 Å². The molecule has 7 heteroatoms. The van der Waals surface area contributed by atoms with Crippen molar-refractivity contribution in [3.05, 3.63) is 24.3 Å². The number of hydrogen-bond acceptors (Lipinski definition) is 5. The minimum atomic E-state index is -2.33. The second-order valence-electron chi connectivity index (χ2n) is 2.45. The summed E-state index contributed by atoms with van der Waals surface area (Å²) in [5, 5.41) is 0.524. The fraction of sp³-hybridized carbons (Fsp3) is 0. The molecule has 0 saturated carbocycles. The van der Waals surface area contributed by atoms with E-state index in [9.17, 15) is 8.76 Å². The quantitative estimate of drug-likeness (QED) is 0.607. The van der Waals surface area contributed by atoms with Crippen molar-refractivity contribution in [3.8, 4) is 0 Å². The first-order chi connectivity index (χ1) is 6.75. The lowest BCUT2D eigenvalue weighted by molar-refractivity contribution is 0.528. The first-order valence-electron chi connectivity index (χ1n) is 3.72. The minimum absolute atomic E-state index is 0.524. The number of rotatable bonds is 3. The van der Waals surface area contributed by atoms with E-state index in [2.05, 4.69) is 10.4 Å². The molecule has 1 aromatic heterocycles. The van der Waals surface area contributed by atoms with Crippen LogP contribution in [0.1, 0.15) is 0 Å². The largest absolute Gasteiger partial charge is 0.759 e. The molecule has 0 bridgehead atoms. The Bertz CT molecular complexity index is 438. The molecule has 1 heterocycles. The summed E-state index contributed by atoms with van der Waals surface area (Å²) in [6.07, 6.45) is 0. The third-order valence-electron chi connectivity index (χ3n) is 1.54. The monoisotopic (exact) mass is 228 g/mol. The zero-order valence-corrected chi connectivity index (χ0v) is 8.52. The van der Waals surface area contributed by atoms with Crippen LogP contribution in [0.25, 0.3) is 10.2 Å². The number of anilines is 1. The highest BCUT2D eigenvalue weighted by molar-refractivity contribution is 7.77. The molecule has 0 amide bonds. The Labute approximate surface area is 86.6 Å². The Kier molecular flexibility index (Phi) is 2.73. The molecule has 0 fully saturated rings. The Morgan fingerprint density at radius 1 is 1.43 bits per heavy atom. The van der Waals surface area contributed by atoms with Crippen molar-refractivity contribution in [2.75, 3.05) is 5.43 Å². The van der Waals surface area contributed by atoms with Gasteiger partial charge in [-0.25, -0.2) is 4.98 Å². The zero-order valence-electron chi connectivity index (χ0n) is 6.89. The van der Waals surface area contributed by atoms with E-state index in [0.29, 0.717) is 5.13 Å². The van der Waals surface area contributed by atoms with Gasteiger partial charge in [0.05, 0.1) is 10.2 Å². The summed E-state index contributed by atoms with van der Waals surface area (Å²) < 4.78 is 21.4. The molecule has 0 spiro atoms. The van der Waals surface area contributed by atoms with Gasteiger partial charge in [0.1, 0.15) is 0 Å². The fourth-order valence-corrected chi connectivity index (χ4v) is 2.07. The summed E-state index contributed by atoms with van der Waals surface area (Å²) >= 11 is -0.951. The molecular weight excluding hydrogens is 222 g/mol. The van der Waals surface area contributed by atoms with Crippen LogP contribution in [-0.4, -0.2) is 13.7 Å². The number of benzene rings is 1. The van der Waals surface area contributed by atoms with Gasteiger partial charge in [0.2, 0.25) is 0 Å². The van der Waals surface area contributed by atoms with E-state index in [-0.39, 0.29) is 0 Å². The number of aromatic nitrogens is 1. The van der Waals surface area contributed by atoms with E-state index < -0.39 is 11.3 Å². The highest BCUT2D eigenvalue weighted by Crippen LogP contribution is 2.24. The maximum absolute atomic E-state index is 10.2. The van der Waals surface area contributed by atoms with Crippen LogP contribution in [0.4, 0.5) is 5.13 Å². The molecule has 0 aliphatic heterocycles. The molecule has 2 rings (SSSR count). The second kappa shape index (κ2) is 4.01. The number of para-hydroxylation sites is 1. The van der Waals surface area contributed by atoms with Crippen LogP contribution in [0, 0.1) is 0 Å². The summed E-state index contributed by atoms with van der Waals surface area (Å²) in [5.41, 5.74) is 3.32. The molecule has 0 saturated heterocycles. The van der Waals surface area contributed by atoms with Crippen LogP contribution in [0.3, 0.4) is 0 Å². The summed E-state index contributed by atoms with van der Waals surface area (Å²) in [6, 6.07) is 7.58. The standard InChI is InChI=1S/C7H7N3O2S2/c11-14(12)10-9-7-8-5-3-1-2-4-6(5)13-7/h1-4,10H,(H,8,9)(H,11,12)/p-1. The third-order valence-corrected chi connectivity index (χ3v) is 2.76. The van der Waals surface area contributed by atoms with Crippen molar-refractivity contribution >= 4 is 38.0 Å². The maximum atomic E-state index is 10.2. The van der Waals surface area contributed by atoms with Gasteiger partial charge < -0.3 is 4.55 Å². The van der Waals surface area contributed by atoms with Crippen LogP contribution >= 0.6 is 11.3 Å². The number of hydrazine groups is 1. The lowest BCUT2D eigenvalue weighted by Crippen LogP contribution is -2.23. The van der Waals surface area contributed by atoms with Gasteiger partial charge in [0.25, 0.3) is 0 Å². The molecule has 1 unspecified atom stereocenters. The molecule has 0 aliphatic carbocycles. The number of fused-ring (bicyclic) bond motifs is 1. The van der Waals surface area contributed by atoms with Crippen LogP contribution < -0.4 is 10.3 Å². The van der Waals surface area contributed by atoms with Gasteiger partial charge in [0.15, 0.2) is 5.13 Å². The van der Waals surface area contributed by atoms with Crippen molar-refractivity contribution in [2.45, 2.75) is 0 Å². The summed E-state index contributed by atoms with van der Waals surface area (Å²) in [4.78, 5) is 6.19. The minimum Gasteiger partial charge on any atom is -0.759 e. The van der Waals surface area contributed by atoms with Crippen molar-refractivity contribution in [1.82, 2.24) is 9.82 Å². The third kappa shape index (κ3) is 2.07. The normalized spacial score (nSPS) is 12.9. The Morgan fingerprint density at radius 2 is 2.21 bits per heavy atom. The topological polar surface area (TPSA) is 77.1 Å². The Hall–Kier alpha value is -1.02. The van der Waals surface area contributed by atoms with Gasteiger partial charge in [-0.15, -0.1) is 0 Å². The molecular formula is C7H6N3O2S2-. The first kappa shape index (κ1) is 9.53. The molecule has 14 heavy (non-hydrogen) atoms. The van der Waals surface area contributed by atoms with Crippen molar-refractivity contribution in [2.24, 2.45) is 0 Å². The van der Waals surface area contributed by atoms with Crippen LogP contribution in [0.5, 0.6) is 0 Å². The van der Waals surface area contributed by atoms with E-state index >= 15 is 0 Å². The van der Waals surface area contributed by atoms with Gasteiger partial charge in [-0.3, -0.25) is 9.63 Å². The molecule has 0 radical (unpaired) electrons. The second-order valence-corrected chi connectivity index (χ2v) is 4.15. The average Bonchev–Trinajstić information content (AvgIpc) is 2.57. The highest BCUT2D eigenvalue weighted by atomic mass is 32.2. The van der Waals surface area contributed by atoms with Crippen molar-refractivity contribution < 1.29 is 8.76 Å². The first-order valence-corrected chi connectivity index (χ1v) is 5.61. The van der Waals surface area contributed by atoms with Crippen LogP contribution in [0.2, 0.25) is 0 Å². The highest BCUT2D eigenvalue weighted by Gasteiger charge is 2.00. The number of thiazole rings is 1. The van der Waals surface area contributed by atoms with Crippen LogP contribution in [0.15, 0.2) is 24.3 Å². The average molecular weight is 228 g/mol.